The zero-order chi connectivity index (χ0) is 21.1. The van der Waals surface area contributed by atoms with Crippen LogP contribution in [0.4, 0.5) is 5.82 Å². The molecule has 0 aliphatic rings. The van der Waals surface area contributed by atoms with Crippen LogP contribution in [0.2, 0.25) is 10.0 Å². The van der Waals surface area contributed by atoms with Crippen LogP contribution in [-0.4, -0.2) is 38.2 Å². The summed E-state index contributed by atoms with van der Waals surface area (Å²) >= 11 is 12.1. The van der Waals surface area contributed by atoms with Crippen molar-refractivity contribution in [3.8, 4) is 0 Å². The van der Waals surface area contributed by atoms with Crippen LogP contribution in [0.15, 0.2) is 29.4 Å². The Bertz CT molecular complexity index is 1050. The highest BCUT2D eigenvalue weighted by Gasteiger charge is 2.19. The van der Waals surface area contributed by atoms with Crippen molar-refractivity contribution >= 4 is 50.9 Å². The lowest BCUT2D eigenvalue weighted by Crippen LogP contribution is -2.16. The van der Waals surface area contributed by atoms with Gasteiger partial charge in [-0.2, -0.15) is 0 Å². The summed E-state index contributed by atoms with van der Waals surface area (Å²) in [5, 5.41) is 0.960. The molecule has 0 fully saturated rings. The third-order valence-electron chi connectivity index (χ3n) is 4.98. The van der Waals surface area contributed by atoms with Gasteiger partial charge in [0.2, 0.25) is 0 Å². The number of pyridine rings is 1. The van der Waals surface area contributed by atoms with E-state index in [0.717, 1.165) is 29.6 Å². The van der Waals surface area contributed by atoms with Crippen LogP contribution in [0, 0.1) is 13.8 Å². The first-order valence-electron chi connectivity index (χ1n) is 9.25. The Kier molecular flexibility index (Phi) is 7.16. The summed E-state index contributed by atoms with van der Waals surface area (Å²) in [4.78, 5) is 9.43. The van der Waals surface area contributed by atoms with Crippen LogP contribution in [0.25, 0.3) is 11.0 Å². The molecule has 0 amide bonds. The molecule has 2 unspecified atom stereocenters. The molecule has 2 atom stereocenters. The Balaban J connectivity index is 1.78. The summed E-state index contributed by atoms with van der Waals surface area (Å²) in [6.07, 6.45) is 3.29. The predicted octanol–water partition coefficient (Wildman–Crippen LogP) is 4.71. The molecule has 0 spiro atoms. The molecule has 29 heavy (non-hydrogen) atoms. The molecule has 0 aliphatic heterocycles. The maximum atomic E-state index is 12.7. The number of hydrogen-bond acceptors (Lipinski definition) is 5. The van der Waals surface area contributed by atoms with Crippen molar-refractivity contribution in [2.75, 3.05) is 25.2 Å². The topological polar surface area (TPSA) is 83.0 Å². The fourth-order valence-corrected chi connectivity index (χ4v) is 5.21. The maximum Gasteiger partial charge on any atom is 0.151 e. The normalized spacial score (nSPS) is 13.7. The average molecular weight is 455 g/mol. The number of aromatic nitrogens is 3. The van der Waals surface area contributed by atoms with Crippen molar-refractivity contribution in [2.24, 2.45) is 0 Å². The number of ether oxygens (including phenoxy) is 1. The second kappa shape index (κ2) is 9.43. The number of methoxy groups -OCH3 is 1. The lowest BCUT2D eigenvalue weighted by atomic mass is 10.1. The van der Waals surface area contributed by atoms with Crippen LogP contribution in [0.5, 0.6) is 0 Å². The van der Waals surface area contributed by atoms with Gasteiger partial charge in [-0.3, -0.25) is 4.21 Å². The molecule has 2 aromatic heterocycles. The van der Waals surface area contributed by atoms with Crippen molar-refractivity contribution < 1.29 is 8.95 Å². The number of aryl methyl sites for hydroxylation is 2. The highest BCUT2D eigenvalue weighted by Crippen LogP contribution is 2.29. The fraction of sp³-hybridized carbons (Fsp3) is 0.400. The summed E-state index contributed by atoms with van der Waals surface area (Å²) in [7, 11) is 0.477. The molecule has 3 rings (SSSR count). The van der Waals surface area contributed by atoms with Gasteiger partial charge in [-0.15, -0.1) is 0 Å². The van der Waals surface area contributed by atoms with E-state index in [1.165, 1.54) is 0 Å². The lowest BCUT2D eigenvalue weighted by Gasteiger charge is -2.20. The quantitative estimate of drug-likeness (QED) is 0.532. The molecule has 1 aromatic carbocycles. The van der Waals surface area contributed by atoms with Gasteiger partial charge in [-0.1, -0.05) is 23.2 Å². The van der Waals surface area contributed by atoms with Gasteiger partial charge < -0.3 is 15.0 Å². The smallest absolute Gasteiger partial charge is 0.151 e. The largest absolute Gasteiger partial charge is 0.383 e. The molecule has 156 valence electrons. The van der Waals surface area contributed by atoms with Gasteiger partial charge >= 0.3 is 0 Å². The SMILES string of the molecule is COCC(CCCS(=O)c1ccc(Cl)cc1Cl)n1cnc2c(N)nc(C)c(C)c21. The number of hydrogen-bond donors (Lipinski definition) is 1. The monoisotopic (exact) mass is 454 g/mol. The first kappa shape index (κ1) is 22.0. The van der Waals surface area contributed by atoms with Crippen molar-refractivity contribution in [2.45, 2.75) is 37.6 Å². The molecule has 3 aromatic rings. The van der Waals surface area contributed by atoms with Crippen molar-refractivity contribution in [3.63, 3.8) is 0 Å². The first-order valence-corrected chi connectivity index (χ1v) is 11.3. The van der Waals surface area contributed by atoms with E-state index < -0.39 is 10.8 Å². The molecule has 0 aliphatic carbocycles. The standard InChI is InChI=1S/C20H24Cl2N4O2S/c1-12-13(2)25-20(23)18-19(12)26(11-24-18)15(10-28-3)5-4-8-29(27)17-7-6-14(21)9-16(17)22/h6-7,9,11,15H,4-5,8,10H2,1-3H3,(H2,23,25). The highest BCUT2D eigenvalue weighted by molar-refractivity contribution is 7.85. The molecule has 2 heterocycles. The zero-order valence-electron chi connectivity index (χ0n) is 16.6. The van der Waals surface area contributed by atoms with E-state index in [1.54, 1.807) is 31.6 Å². The molecule has 0 saturated heterocycles. The first-order chi connectivity index (χ1) is 13.8. The number of nitrogens with two attached hydrogens (primary N) is 1. The van der Waals surface area contributed by atoms with Crippen LogP contribution in [0.1, 0.15) is 30.1 Å². The van der Waals surface area contributed by atoms with Crippen LogP contribution < -0.4 is 5.73 Å². The Morgan fingerprint density at radius 1 is 1.31 bits per heavy atom. The van der Waals surface area contributed by atoms with Crippen molar-refractivity contribution in [1.82, 2.24) is 14.5 Å². The van der Waals surface area contributed by atoms with E-state index in [0.29, 0.717) is 38.6 Å². The Labute approximate surface area is 182 Å². The van der Waals surface area contributed by atoms with E-state index in [9.17, 15) is 4.21 Å². The summed E-state index contributed by atoms with van der Waals surface area (Å²) in [6, 6.07) is 5.09. The Hall–Kier alpha value is -1.67. The predicted molar refractivity (Wildman–Crippen MR) is 119 cm³/mol. The number of imidazole rings is 1. The molecule has 0 saturated carbocycles. The average Bonchev–Trinajstić information content (AvgIpc) is 3.11. The molecule has 0 bridgehead atoms. The lowest BCUT2D eigenvalue weighted by molar-refractivity contribution is 0.152. The third-order valence-corrected chi connectivity index (χ3v) is 7.15. The highest BCUT2D eigenvalue weighted by atomic mass is 35.5. The van der Waals surface area contributed by atoms with Gasteiger partial charge in [0.05, 0.1) is 45.2 Å². The van der Waals surface area contributed by atoms with Crippen molar-refractivity contribution in [1.29, 1.82) is 0 Å². The Morgan fingerprint density at radius 2 is 2.07 bits per heavy atom. The summed E-state index contributed by atoms with van der Waals surface area (Å²) in [6.45, 7) is 4.47. The fourth-order valence-electron chi connectivity index (χ4n) is 3.40. The van der Waals surface area contributed by atoms with Gasteiger partial charge in [0.25, 0.3) is 0 Å². The summed E-state index contributed by atoms with van der Waals surface area (Å²) in [5.41, 5.74) is 9.66. The minimum Gasteiger partial charge on any atom is -0.383 e. The van der Waals surface area contributed by atoms with Gasteiger partial charge in [0.15, 0.2) is 5.82 Å². The molecule has 0 radical (unpaired) electrons. The van der Waals surface area contributed by atoms with E-state index in [4.69, 9.17) is 33.7 Å². The number of anilines is 1. The van der Waals surface area contributed by atoms with E-state index >= 15 is 0 Å². The number of nitrogen functional groups attached to an aromatic ring is 1. The Morgan fingerprint density at radius 3 is 2.76 bits per heavy atom. The van der Waals surface area contributed by atoms with Gasteiger partial charge in [0, 0.05) is 23.6 Å². The number of rotatable bonds is 8. The van der Waals surface area contributed by atoms with E-state index in [-0.39, 0.29) is 6.04 Å². The van der Waals surface area contributed by atoms with Crippen LogP contribution >= 0.6 is 23.2 Å². The number of fused-ring (bicyclic) bond motifs is 1. The molecular formula is C20H24Cl2N4O2S. The van der Waals surface area contributed by atoms with Crippen LogP contribution in [-0.2, 0) is 15.5 Å². The molecular weight excluding hydrogens is 431 g/mol. The number of halogens is 2. The number of nitrogens with zero attached hydrogens (tertiary/aromatic N) is 3. The minimum absolute atomic E-state index is 0.0441. The molecule has 9 heteroatoms. The van der Waals surface area contributed by atoms with E-state index in [1.807, 2.05) is 13.8 Å². The molecule has 2 N–H and O–H groups in total. The minimum atomic E-state index is -1.20. The second-order valence-electron chi connectivity index (χ2n) is 6.93. The summed E-state index contributed by atoms with van der Waals surface area (Å²) in [5.74, 6) is 0.923. The van der Waals surface area contributed by atoms with Crippen LogP contribution in [0.3, 0.4) is 0 Å². The number of benzene rings is 1. The summed E-state index contributed by atoms with van der Waals surface area (Å²) < 4.78 is 20.2. The maximum absolute atomic E-state index is 12.7. The van der Waals surface area contributed by atoms with Gasteiger partial charge in [0.1, 0.15) is 5.52 Å². The van der Waals surface area contributed by atoms with Crippen molar-refractivity contribution in [3.05, 3.63) is 45.8 Å². The van der Waals surface area contributed by atoms with Gasteiger partial charge in [-0.25, -0.2) is 9.97 Å². The van der Waals surface area contributed by atoms with Gasteiger partial charge in [-0.05, 0) is 50.5 Å². The molecule has 6 nitrogen and oxygen atoms in total. The second-order valence-corrected chi connectivity index (χ2v) is 9.32. The third kappa shape index (κ3) is 4.74. The zero-order valence-corrected chi connectivity index (χ0v) is 18.9. The van der Waals surface area contributed by atoms with E-state index in [2.05, 4.69) is 14.5 Å².